The van der Waals surface area contributed by atoms with Gasteiger partial charge in [-0.15, -0.1) is 0 Å². The molecule has 4 aromatic carbocycles. The Morgan fingerprint density at radius 1 is 1.02 bits per heavy atom. The summed E-state index contributed by atoms with van der Waals surface area (Å²) in [4.78, 5) is 14.0. The zero-order valence-electron chi connectivity index (χ0n) is 27.0. The van der Waals surface area contributed by atoms with Crippen LogP contribution in [0, 0.1) is 5.82 Å². The molecular weight excluding hydrogens is 613 g/mol. The second-order valence-electron chi connectivity index (χ2n) is 12.7. The van der Waals surface area contributed by atoms with Crippen molar-refractivity contribution in [2.24, 2.45) is 0 Å². The number of benzene rings is 4. The number of piperidine rings is 1. The molecule has 2 aliphatic heterocycles. The molecule has 1 saturated heterocycles. The van der Waals surface area contributed by atoms with Crippen LogP contribution >= 0.6 is 0 Å². The van der Waals surface area contributed by atoms with Crippen molar-refractivity contribution in [3.05, 3.63) is 112 Å². The number of aliphatic hydroxyl groups is 1. The number of aliphatic hydroxyl groups excluding tert-OH is 1. The maximum Gasteiger partial charge on any atom is 0.262 e. The second-order valence-corrected chi connectivity index (χ2v) is 12.7. The lowest BCUT2D eigenvalue weighted by atomic mass is 9.67. The maximum absolute atomic E-state index is 14.9. The number of carbonyl (C=O) groups is 1. The van der Waals surface area contributed by atoms with E-state index in [0.29, 0.717) is 29.2 Å². The Labute approximate surface area is 279 Å². The van der Waals surface area contributed by atoms with Crippen LogP contribution in [0.2, 0.25) is 0 Å². The van der Waals surface area contributed by atoms with Gasteiger partial charge in [0.15, 0.2) is 12.4 Å². The van der Waals surface area contributed by atoms with Crippen LogP contribution in [-0.4, -0.2) is 66.0 Å². The van der Waals surface area contributed by atoms with Gasteiger partial charge in [0, 0.05) is 41.3 Å². The van der Waals surface area contributed by atoms with E-state index in [1.54, 1.807) is 18.2 Å². The van der Waals surface area contributed by atoms with E-state index in [0.717, 1.165) is 49.9 Å². The number of halogens is 1. The number of nitrogens with zero attached hydrogens (tertiary/aromatic N) is 1. The van der Waals surface area contributed by atoms with Crippen molar-refractivity contribution in [2.75, 3.05) is 45.2 Å². The lowest BCUT2D eigenvalue weighted by Crippen LogP contribution is -2.41. The molecule has 1 fully saturated rings. The van der Waals surface area contributed by atoms with Crippen LogP contribution in [0.1, 0.15) is 53.2 Å². The molecule has 0 saturated carbocycles. The van der Waals surface area contributed by atoms with E-state index in [1.165, 1.54) is 23.8 Å². The standard InChI is InChI=1S/C38H42FN3O6/c1-42-17-15-38(16-18-42,27-7-3-2-4-8-27)30-20-25(9-13-32(30)43)6-5-19-47-28-11-10-26(31(39)21-28)22-40-23-34(45)29-12-14-33(44)36-37(29)48-24-35(46)41-36/h2-4,7-14,20-21,34,40,43-45H,5-6,15-19,22-24H2,1H3,(H,41,46). The smallest absolute Gasteiger partial charge is 0.262 e. The molecule has 1 amide bonds. The van der Waals surface area contributed by atoms with E-state index in [9.17, 15) is 24.5 Å². The van der Waals surface area contributed by atoms with Crippen LogP contribution in [0.5, 0.6) is 23.0 Å². The molecular formula is C38H42FN3O6. The van der Waals surface area contributed by atoms with Crippen LogP contribution in [0.15, 0.2) is 78.9 Å². The molecule has 0 bridgehead atoms. The number of fused-ring (bicyclic) bond motifs is 1. The minimum absolute atomic E-state index is 0.0920. The summed E-state index contributed by atoms with van der Waals surface area (Å²) in [6.45, 7) is 2.37. The van der Waals surface area contributed by atoms with Gasteiger partial charge < -0.3 is 40.3 Å². The molecule has 5 N–H and O–H groups in total. The first-order chi connectivity index (χ1) is 23.2. The van der Waals surface area contributed by atoms with Gasteiger partial charge in [0.2, 0.25) is 0 Å². The van der Waals surface area contributed by atoms with Crippen molar-refractivity contribution < 1.29 is 34.0 Å². The van der Waals surface area contributed by atoms with Crippen molar-refractivity contribution in [3.63, 3.8) is 0 Å². The summed E-state index contributed by atoms with van der Waals surface area (Å²) in [7, 11) is 2.14. The number of aryl methyl sites for hydroxylation is 1. The van der Waals surface area contributed by atoms with Crippen molar-refractivity contribution in [3.8, 4) is 23.0 Å². The highest BCUT2D eigenvalue weighted by Crippen LogP contribution is 2.45. The molecule has 10 heteroatoms. The number of anilines is 1. The van der Waals surface area contributed by atoms with E-state index in [2.05, 4.69) is 52.9 Å². The predicted octanol–water partition coefficient (Wildman–Crippen LogP) is 5.41. The fourth-order valence-corrected chi connectivity index (χ4v) is 6.71. The van der Waals surface area contributed by atoms with Gasteiger partial charge in [0.1, 0.15) is 28.8 Å². The molecule has 2 aliphatic rings. The van der Waals surface area contributed by atoms with Crippen LogP contribution < -0.4 is 20.1 Å². The normalized spacial score (nSPS) is 16.4. The Kier molecular flexibility index (Phi) is 10.1. The molecule has 0 radical (unpaired) electrons. The number of carbonyl (C=O) groups excluding carboxylic acids is 1. The van der Waals surface area contributed by atoms with Crippen molar-refractivity contribution in [1.29, 1.82) is 0 Å². The van der Waals surface area contributed by atoms with Gasteiger partial charge in [0.05, 0.1) is 12.7 Å². The SMILES string of the molecule is CN1CCC(c2ccccc2)(c2cc(CCCOc3ccc(CNCC(O)c4ccc(O)c5c4OCC(=O)N5)c(F)c3)ccc2O)CC1. The van der Waals surface area contributed by atoms with Gasteiger partial charge in [-0.3, -0.25) is 4.79 Å². The molecule has 6 rings (SSSR count). The number of hydrogen-bond acceptors (Lipinski definition) is 8. The topological polar surface area (TPSA) is 124 Å². The van der Waals surface area contributed by atoms with Crippen LogP contribution in [0.3, 0.4) is 0 Å². The summed E-state index contributed by atoms with van der Waals surface area (Å²) in [6.07, 6.45) is 2.33. The Morgan fingerprint density at radius 2 is 1.79 bits per heavy atom. The number of nitrogens with one attached hydrogen (secondary N) is 2. The highest BCUT2D eigenvalue weighted by Gasteiger charge is 2.39. The van der Waals surface area contributed by atoms with Gasteiger partial charge in [-0.2, -0.15) is 0 Å². The summed E-state index contributed by atoms with van der Waals surface area (Å²) >= 11 is 0. The number of rotatable bonds is 12. The number of ether oxygens (including phenoxy) is 2. The number of hydrogen-bond donors (Lipinski definition) is 5. The van der Waals surface area contributed by atoms with Crippen LogP contribution in [0.25, 0.3) is 0 Å². The van der Waals surface area contributed by atoms with Gasteiger partial charge in [-0.1, -0.05) is 48.5 Å². The zero-order chi connectivity index (χ0) is 33.7. The monoisotopic (exact) mass is 655 g/mol. The van der Waals surface area contributed by atoms with Crippen LogP contribution in [0.4, 0.5) is 10.1 Å². The molecule has 0 spiro atoms. The predicted molar refractivity (Wildman–Crippen MR) is 181 cm³/mol. The van der Waals surface area contributed by atoms with E-state index in [4.69, 9.17) is 9.47 Å². The number of likely N-dealkylation sites (tertiary alicyclic amines) is 1. The average Bonchev–Trinajstić information content (AvgIpc) is 3.09. The first kappa shape index (κ1) is 33.3. The highest BCUT2D eigenvalue weighted by molar-refractivity contribution is 5.97. The average molecular weight is 656 g/mol. The number of aromatic hydroxyl groups is 2. The first-order valence-corrected chi connectivity index (χ1v) is 16.4. The molecule has 2 heterocycles. The van der Waals surface area contributed by atoms with E-state index in [1.807, 2.05) is 12.1 Å². The highest BCUT2D eigenvalue weighted by atomic mass is 19.1. The van der Waals surface area contributed by atoms with E-state index in [-0.39, 0.29) is 42.3 Å². The fraction of sp³-hybridized carbons (Fsp3) is 0.342. The third kappa shape index (κ3) is 7.26. The third-order valence-corrected chi connectivity index (χ3v) is 9.44. The lowest BCUT2D eigenvalue weighted by molar-refractivity contribution is -0.118. The summed E-state index contributed by atoms with van der Waals surface area (Å²) in [5.74, 6) is 0.0152. The Morgan fingerprint density at radius 3 is 2.56 bits per heavy atom. The quantitative estimate of drug-likeness (QED) is 0.101. The summed E-state index contributed by atoms with van der Waals surface area (Å²) in [5.41, 5.74) is 4.04. The molecule has 9 nitrogen and oxygen atoms in total. The zero-order valence-corrected chi connectivity index (χ0v) is 27.0. The van der Waals surface area contributed by atoms with E-state index < -0.39 is 17.8 Å². The summed E-state index contributed by atoms with van der Waals surface area (Å²) < 4.78 is 26.3. The fourth-order valence-electron chi connectivity index (χ4n) is 6.71. The minimum atomic E-state index is -1.02. The number of amides is 1. The third-order valence-electron chi connectivity index (χ3n) is 9.44. The largest absolute Gasteiger partial charge is 0.508 e. The van der Waals surface area contributed by atoms with Crippen molar-refractivity contribution in [2.45, 2.75) is 43.7 Å². The summed E-state index contributed by atoms with van der Waals surface area (Å²) in [5, 5.41) is 37.4. The van der Waals surface area contributed by atoms with Crippen molar-refractivity contribution in [1.82, 2.24) is 10.2 Å². The maximum atomic E-state index is 14.9. The Balaban J connectivity index is 1.01. The second kappa shape index (κ2) is 14.6. The van der Waals surface area contributed by atoms with Crippen LogP contribution in [-0.2, 0) is 23.2 Å². The van der Waals surface area contributed by atoms with Gasteiger partial charge >= 0.3 is 0 Å². The summed E-state index contributed by atoms with van der Waals surface area (Å²) in [6, 6.07) is 24.1. The molecule has 0 aromatic heterocycles. The molecule has 1 atom stereocenters. The first-order valence-electron chi connectivity index (χ1n) is 16.4. The molecule has 1 unspecified atom stereocenters. The van der Waals surface area contributed by atoms with Gasteiger partial charge in [0.25, 0.3) is 5.91 Å². The molecule has 252 valence electrons. The lowest BCUT2D eigenvalue weighted by Gasteiger charge is -2.42. The molecule has 0 aliphatic carbocycles. The molecule has 4 aromatic rings. The van der Waals surface area contributed by atoms with Gasteiger partial charge in [-0.25, -0.2) is 4.39 Å². The minimum Gasteiger partial charge on any atom is -0.508 e. The number of phenolic OH excluding ortho intramolecular Hbond substituents is 2. The number of phenols is 2. The molecule has 48 heavy (non-hydrogen) atoms. The van der Waals surface area contributed by atoms with Gasteiger partial charge in [-0.05, 0) is 81.2 Å². The Bertz CT molecular complexity index is 1740. The Hall–Kier alpha value is -4.64. The van der Waals surface area contributed by atoms with Crippen molar-refractivity contribution >= 4 is 11.6 Å². The van der Waals surface area contributed by atoms with E-state index >= 15 is 0 Å².